The molecule has 1 aliphatic heterocycles. The van der Waals surface area contributed by atoms with Gasteiger partial charge in [0, 0.05) is 16.4 Å². The van der Waals surface area contributed by atoms with Crippen LogP contribution in [0.25, 0.3) is 10.7 Å². The van der Waals surface area contributed by atoms with Crippen molar-refractivity contribution in [3.8, 4) is 10.7 Å². The van der Waals surface area contributed by atoms with Crippen molar-refractivity contribution in [1.29, 1.82) is 0 Å². The molecular formula is C13H16BrN3OS. The zero-order valence-corrected chi connectivity index (χ0v) is 13.3. The lowest BCUT2D eigenvalue weighted by molar-refractivity contribution is 0.234. The average Bonchev–Trinajstić information content (AvgIpc) is 3.08. The summed E-state index contributed by atoms with van der Waals surface area (Å²) in [5.41, 5.74) is -0.0141. The molecule has 2 aromatic heterocycles. The van der Waals surface area contributed by atoms with Crippen molar-refractivity contribution in [3.63, 3.8) is 0 Å². The summed E-state index contributed by atoms with van der Waals surface area (Å²) in [5, 5.41) is 9.59. The molecule has 0 aliphatic carbocycles. The van der Waals surface area contributed by atoms with E-state index in [1.165, 1.54) is 0 Å². The zero-order valence-electron chi connectivity index (χ0n) is 10.9. The van der Waals surface area contributed by atoms with Crippen LogP contribution in [-0.4, -0.2) is 23.2 Å². The van der Waals surface area contributed by atoms with Crippen molar-refractivity contribution < 1.29 is 4.52 Å². The van der Waals surface area contributed by atoms with Gasteiger partial charge in [0.2, 0.25) is 11.7 Å². The Morgan fingerprint density at radius 2 is 2.37 bits per heavy atom. The largest absolute Gasteiger partial charge is 0.338 e. The smallest absolute Gasteiger partial charge is 0.234 e. The van der Waals surface area contributed by atoms with E-state index < -0.39 is 0 Å². The molecule has 19 heavy (non-hydrogen) atoms. The Morgan fingerprint density at radius 1 is 1.53 bits per heavy atom. The summed E-state index contributed by atoms with van der Waals surface area (Å²) in [6, 6.07) is 2.02. The minimum Gasteiger partial charge on any atom is -0.338 e. The first kappa shape index (κ1) is 13.3. The second-order valence-corrected chi connectivity index (χ2v) is 7.12. The Kier molecular flexibility index (Phi) is 3.49. The second-order valence-electron chi connectivity index (χ2n) is 5.29. The fourth-order valence-corrected chi connectivity index (χ4v) is 3.94. The summed E-state index contributed by atoms with van der Waals surface area (Å²) in [6.07, 6.45) is 1.06. The first-order chi connectivity index (χ1) is 9.12. The molecule has 0 saturated carbocycles. The quantitative estimate of drug-likeness (QED) is 0.928. The molecule has 1 fully saturated rings. The first-order valence-corrected chi connectivity index (χ1v) is 8.08. The van der Waals surface area contributed by atoms with Gasteiger partial charge in [0.05, 0.1) is 10.3 Å². The highest BCUT2D eigenvalue weighted by molar-refractivity contribution is 9.10. The molecule has 0 spiro atoms. The summed E-state index contributed by atoms with van der Waals surface area (Å²) in [7, 11) is 0. The van der Waals surface area contributed by atoms with Gasteiger partial charge in [-0.3, -0.25) is 0 Å². The Morgan fingerprint density at radius 3 is 2.95 bits per heavy atom. The molecule has 4 nitrogen and oxygen atoms in total. The topological polar surface area (TPSA) is 51.0 Å². The van der Waals surface area contributed by atoms with Gasteiger partial charge in [0.1, 0.15) is 0 Å². The summed E-state index contributed by atoms with van der Waals surface area (Å²) in [5.74, 6) is 1.94. The van der Waals surface area contributed by atoms with E-state index in [1.807, 2.05) is 11.4 Å². The van der Waals surface area contributed by atoms with Gasteiger partial charge in [-0.15, -0.1) is 11.3 Å². The third kappa shape index (κ3) is 2.26. The van der Waals surface area contributed by atoms with E-state index in [0.29, 0.717) is 11.7 Å². The van der Waals surface area contributed by atoms with Crippen molar-refractivity contribution >= 4 is 27.3 Å². The van der Waals surface area contributed by atoms with Crippen molar-refractivity contribution in [3.05, 3.63) is 21.8 Å². The van der Waals surface area contributed by atoms with Crippen LogP contribution in [0.15, 0.2) is 20.4 Å². The number of thiophene rings is 1. The van der Waals surface area contributed by atoms with E-state index >= 15 is 0 Å². The monoisotopic (exact) mass is 341 g/mol. The summed E-state index contributed by atoms with van der Waals surface area (Å²) < 4.78 is 6.62. The van der Waals surface area contributed by atoms with Gasteiger partial charge < -0.3 is 9.84 Å². The SMILES string of the molecule is CC(C)C1(c2nc(-c3cc(Br)cs3)no2)CCNC1. The third-order valence-electron chi connectivity index (χ3n) is 3.93. The average molecular weight is 342 g/mol. The van der Waals surface area contributed by atoms with Crippen LogP contribution >= 0.6 is 27.3 Å². The molecule has 0 amide bonds. The minimum atomic E-state index is -0.0141. The molecule has 0 aromatic carbocycles. The van der Waals surface area contributed by atoms with E-state index in [1.54, 1.807) is 11.3 Å². The highest BCUT2D eigenvalue weighted by Crippen LogP contribution is 2.38. The van der Waals surface area contributed by atoms with Gasteiger partial charge in [-0.05, 0) is 40.9 Å². The fraction of sp³-hybridized carbons (Fsp3) is 0.538. The number of halogens is 1. The minimum absolute atomic E-state index is 0.0141. The molecular weight excluding hydrogens is 326 g/mol. The van der Waals surface area contributed by atoms with E-state index in [9.17, 15) is 0 Å². The maximum absolute atomic E-state index is 5.57. The molecule has 0 bridgehead atoms. The maximum atomic E-state index is 5.57. The van der Waals surface area contributed by atoms with Crippen molar-refractivity contribution in [2.24, 2.45) is 5.92 Å². The molecule has 3 rings (SSSR count). The van der Waals surface area contributed by atoms with Crippen LogP contribution in [0.4, 0.5) is 0 Å². The molecule has 1 aliphatic rings. The zero-order chi connectivity index (χ0) is 13.5. The lowest BCUT2D eigenvalue weighted by atomic mass is 9.76. The number of hydrogen-bond acceptors (Lipinski definition) is 5. The summed E-state index contributed by atoms with van der Waals surface area (Å²) >= 11 is 5.07. The molecule has 1 saturated heterocycles. The van der Waals surface area contributed by atoms with Crippen molar-refractivity contribution in [1.82, 2.24) is 15.5 Å². The number of nitrogens with zero attached hydrogens (tertiary/aromatic N) is 2. The molecule has 2 aromatic rings. The first-order valence-electron chi connectivity index (χ1n) is 6.41. The van der Waals surface area contributed by atoms with Gasteiger partial charge >= 0.3 is 0 Å². The van der Waals surface area contributed by atoms with E-state index in [0.717, 1.165) is 34.8 Å². The Labute approximate surface area is 124 Å². The van der Waals surface area contributed by atoms with Gasteiger partial charge in [-0.2, -0.15) is 4.98 Å². The number of rotatable bonds is 3. The molecule has 102 valence electrons. The highest BCUT2D eigenvalue weighted by Gasteiger charge is 2.43. The van der Waals surface area contributed by atoms with E-state index in [2.05, 4.69) is 45.2 Å². The number of nitrogens with one attached hydrogen (secondary N) is 1. The van der Waals surface area contributed by atoms with E-state index in [4.69, 9.17) is 4.52 Å². The standard InChI is InChI=1S/C13H16BrN3OS/c1-8(2)13(3-4-15-7-13)12-16-11(17-18-12)10-5-9(14)6-19-10/h5-6,8,15H,3-4,7H2,1-2H3. The van der Waals surface area contributed by atoms with Gasteiger partial charge in [-0.1, -0.05) is 19.0 Å². The lowest BCUT2D eigenvalue weighted by Crippen LogP contribution is -2.35. The second kappa shape index (κ2) is 5.00. The Hall–Kier alpha value is -0.720. The lowest BCUT2D eigenvalue weighted by Gasteiger charge is -2.27. The molecule has 3 heterocycles. The molecule has 1 unspecified atom stereocenters. The van der Waals surface area contributed by atoms with Crippen molar-refractivity contribution in [2.75, 3.05) is 13.1 Å². The Balaban J connectivity index is 1.96. The fourth-order valence-electron chi connectivity index (χ4n) is 2.59. The Bertz CT molecular complexity index is 572. The molecule has 6 heteroatoms. The normalized spacial score (nSPS) is 23.4. The number of aromatic nitrogens is 2. The number of hydrogen-bond donors (Lipinski definition) is 1. The summed E-state index contributed by atoms with van der Waals surface area (Å²) in [4.78, 5) is 5.68. The molecule has 1 N–H and O–H groups in total. The molecule has 1 atom stereocenters. The highest BCUT2D eigenvalue weighted by atomic mass is 79.9. The van der Waals surface area contributed by atoms with Gasteiger partial charge in [-0.25, -0.2) is 0 Å². The van der Waals surface area contributed by atoms with Crippen LogP contribution in [0.1, 0.15) is 26.2 Å². The summed E-state index contributed by atoms with van der Waals surface area (Å²) in [6.45, 7) is 6.37. The van der Waals surface area contributed by atoms with Gasteiger partial charge in [0.25, 0.3) is 0 Å². The van der Waals surface area contributed by atoms with Crippen LogP contribution in [0.2, 0.25) is 0 Å². The van der Waals surface area contributed by atoms with Crippen LogP contribution in [0.5, 0.6) is 0 Å². The van der Waals surface area contributed by atoms with Crippen LogP contribution < -0.4 is 5.32 Å². The maximum Gasteiger partial charge on any atom is 0.234 e. The van der Waals surface area contributed by atoms with Crippen LogP contribution in [0, 0.1) is 5.92 Å². The molecule has 0 radical (unpaired) electrons. The van der Waals surface area contributed by atoms with Crippen molar-refractivity contribution in [2.45, 2.75) is 25.7 Å². The predicted molar refractivity (Wildman–Crippen MR) is 79.3 cm³/mol. The van der Waals surface area contributed by atoms with Gasteiger partial charge in [0.15, 0.2) is 0 Å². The van der Waals surface area contributed by atoms with E-state index in [-0.39, 0.29) is 5.41 Å². The van der Waals surface area contributed by atoms with Crippen LogP contribution in [-0.2, 0) is 5.41 Å². The predicted octanol–water partition coefficient (Wildman–Crippen LogP) is 3.45. The van der Waals surface area contributed by atoms with Crippen LogP contribution in [0.3, 0.4) is 0 Å². The third-order valence-corrected chi connectivity index (χ3v) is 5.62.